The first-order valence-corrected chi connectivity index (χ1v) is 11.8. The number of carbonyl (C=O) groups excluding carboxylic acids is 2. The molecule has 8 heteroatoms. The molecule has 5 rings (SSSR count). The lowest BCUT2D eigenvalue weighted by atomic mass is 9.82. The maximum absolute atomic E-state index is 12.0. The van der Waals surface area contributed by atoms with Crippen molar-refractivity contribution in [3.8, 4) is 0 Å². The van der Waals surface area contributed by atoms with Crippen molar-refractivity contribution in [1.82, 2.24) is 0 Å². The van der Waals surface area contributed by atoms with Gasteiger partial charge in [0.2, 0.25) is 0 Å². The van der Waals surface area contributed by atoms with E-state index in [1.807, 2.05) is 0 Å². The molecule has 2 saturated carbocycles. The van der Waals surface area contributed by atoms with Crippen molar-refractivity contribution in [2.45, 2.75) is 101 Å². The van der Waals surface area contributed by atoms with Crippen molar-refractivity contribution in [3.63, 3.8) is 0 Å². The maximum atomic E-state index is 12.0. The number of rotatable bonds is 8. The van der Waals surface area contributed by atoms with Crippen LogP contribution in [-0.2, 0) is 38.0 Å². The molecule has 31 heavy (non-hydrogen) atoms. The Kier molecular flexibility index (Phi) is 5.78. The van der Waals surface area contributed by atoms with Gasteiger partial charge >= 0.3 is 11.9 Å². The van der Waals surface area contributed by atoms with E-state index in [1.165, 1.54) is 0 Å². The molecule has 0 aromatic heterocycles. The van der Waals surface area contributed by atoms with Crippen LogP contribution in [0.2, 0.25) is 0 Å². The summed E-state index contributed by atoms with van der Waals surface area (Å²) in [6, 6.07) is 0. The Bertz CT molecular complexity index is 712. The van der Waals surface area contributed by atoms with Gasteiger partial charge in [0, 0.05) is 5.92 Å². The van der Waals surface area contributed by atoms with Gasteiger partial charge in [-0.2, -0.15) is 0 Å². The summed E-state index contributed by atoms with van der Waals surface area (Å²) in [4.78, 5) is 24.0. The molecule has 8 atom stereocenters. The van der Waals surface area contributed by atoms with E-state index in [1.54, 1.807) is 0 Å². The molecule has 0 aromatic carbocycles. The van der Waals surface area contributed by atoms with Crippen molar-refractivity contribution in [3.05, 3.63) is 0 Å². The molecule has 0 bridgehead atoms. The van der Waals surface area contributed by atoms with E-state index in [9.17, 15) is 9.59 Å². The molecule has 2 aliphatic carbocycles. The fourth-order valence-corrected chi connectivity index (χ4v) is 5.34. The number of fused-ring (bicyclic) bond motifs is 2. The first-order valence-electron chi connectivity index (χ1n) is 11.8. The molecule has 0 amide bonds. The minimum Gasteiger partial charge on any atom is -0.465 e. The zero-order valence-electron chi connectivity index (χ0n) is 18.5. The van der Waals surface area contributed by atoms with Crippen molar-refractivity contribution in [1.29, 1.82) is 0 Å². The summed E-state index contributed by atoms with van der Waals surface area (Å²) in [6.45, 7) is 5.28. The van der Waals surface area contributed by atoms with Crippen molar-refractivity contribution in [2.75, 3.05) is 19.8 Å². The Hall–Kier alpha value is -1.22. The van der Waals surface area contributed by atoms with Crippen LogP contribution in [0.1, 0.15) is 65.2 Å². The molecule has 0 N–H and O–H groups in total. The Morgan fingerprint density at radius 3 is 2.23 bits per heavy atom. The van der Waals surface area contributed by atoms with Crippen molar-refractivity contribution >= 4 is 11.9 Å². The Morgan fingerprint density at radius 1 is 0.903 bits per heavy atom. The number of epoxide rings is 2. The van der Waals surface area contributed by atoms with E-state index < -0.39 is 5.97 Å². The third-order valence-electron chi connectivity index (χ3n) is 7.80. The van der Waals surface area contributed by atoms with E-state index in [-0.39, 0.29) is 49.0 Å². The first-order chi connectivity index (χ1) is 14.8. The SMILES string of the molecule is CC12CCC(COC(=O)CCC(=O)OCC3COC(C4CCC5(C)OC5C4)O3)CC1O2. The fourth-order valence-electron chi connectivity index (χ4n) is 5.34. The molecule has 174 valence electrons. The minimum absolute atomic E-state index is 0.0184. The van der Waals surface area contributed by atoms with E-state index in [0.717, 1.165) is 38.5 Å². The predicted octanol–water partition coefficient (Wildman–Crippen LogP) is 2.51. The highest BCUT2D eigenvalue weighted by Crippen LogP contribution is 2.51. The smallest absolute Gasteiger partial charge is 0.306 e. The molecule has 3 aliphatic heterocycles. The van der Waals surface area contributed by atoms with Crippen molar-refractivity contribution in [2.24, 2.45) is 11.8 Å². The zero-order chi connectivity index (χ0) is 21.6. The van der Waals surface area contributed by atoms with Gasteiger partial charge in [0.1, 0.15) is 12.7 Å². The van der Waals surface area contributed by atoms with Gasteiger partial charge in [-0.15, -0.1) is 0 Å². The molecule has 0 aromatic rings. The molecular formula is C23H34O8. The minimum atomic E-state index is -0.413. The van der Waals surface area contributed by atoms with Crippen LogP contribution in [0.4, 0.5) is 0 Å². The maximum Gasteiger partial charge on any atom is 0.306 e. The molecule has 3 heterocycles. The molecule has 3 saturated heterocycles. The topological polar surface area (TPSA) is 96.1 Å². The van der Waals surface area contributed by atoms with Gasteiger partial charge in [-0.05, 0) is 58.3 Å². The lowest BCUT2D eigenvalue weighted by Crippen LogP contribution is -2.31. The Morgan fingerprint density at radius 2 is 1.55 bits per heavy atom. The number of hydrogen-bond acceptors (Lipinski definition) is 8. The summed E-state index contributed by atoms with van der Waals surface area (Å²) in [5, 5.41) is 0. The molecule has 8 nitrogen and oxygen atoms in total. The van der Waals surface area contributed by atoms with E-state index in [2.05, 4.69) is 13.8 Å². The summed E-state index contributed by atoms with van der Waals surface area (Å²) in [7, 11) is 0. The standard InChI is InChI=1S/C23H34O8/c1-22-7-5-14(9-17(22)30-22)11-26-19(24)3-4-20(25)27-12-16-13-28-21(29-16)15-6-8-23(2)18(10-15)31-23/h14-18,21H,3-13H2,1-2H3. The average Bonchev–Trinajstić information content (AvgIpc) is 3.55. The van der Waals surface area contributed by atoms with Crippen LogP contribution >= 0.6 is 0 Å². The second kappa shape index (κ2) is 8.28. The summed E-state index contributed by atoms with van der Waals surface area (Å²) in [5.74, 6) is -0.0773. The van der Waals surface area contributed by atoms with Crippen LogP contribution in [0, 0.1) is 11.8 Å². The molecule has 0 radical (unpaired) electrons. The highest BCUT2D eigenvalue weighted by molar-refractivity contribution is 5.77. The van der Waals surface area contributed by atoms with Gasteiger partial charge < -0.3 is 28.4 Å². The largest absolute Gasteiger partial charge is 0.465 e. The molecule has 5 aliphatic rings. The molecule has 0 spiro atoms. The van der Waals surface area contributed by atoms with Gasteiger partial charge in [-0.3, -0.25) is 9.59 Å². The van der Waals surface area contributed by atoms with Gasteiger partial charge in [-0.25, -0.2) is 0 Å². The van der Waals surface area contributed by atoms with Crippen LogP contribution in [0.3, 0.4) is 0 Å². The quantitative estimate of drug-likeness (QED) is 0.421. The van der Waals surface area contributed by atoms with Crippen LogP contribution in [0.25, 0.3) is 0 Å². The summed E-state index contributed by atoms with van der Waals surface area (Å²) in [6.07, 6.45) is 6.22. The highest BCUT2D eigenvalue weighted by atomic mass is 16.7. The van der Waals surface area contributed by atoms with E-state index in [4.69, 9.17) is 28.4 Å². The van der Waals surface area contributed by atoms with Crippen molar-refractivity contribution < 1.29 is 38.0 Å². The summed E-state index contributed by atoms with van der Waals surface area (Å²) in [5.41, 5.74) is 0.149. The van der Waals surface area contributed by atoms with E-state index in [0.29, 0.717) is 37.3 Å². The lowest BCUT2D eigenvalue weighted by molar-refractivity contribution is -0.154. The van der Waals surface area contributed by atoms with Gasteiger partial charge in [0.05, 0.1) is 49.5 Å². The third-order valence-corrected chi connectivity index (χ3v) is 7.80. The van der Waals surface area contributed by atoms with Gasteiger partial charge in [-0.1, -0.05) is 0 Å². The van der Waals surface area contributed by atoms with Gasteiger partial charge in [0.25, 0.3) is 0 Å². The van der Waals surface area contributed by atoms with Crippen LogP contribution in [0.15, 0.2) is 0 Å². The third kappa shape index (κ3) is 4.92. The van der Waals surface area contributed by atoms with E-state index >= 15 is 0 Å². The van der Waals surface area contributed by atoms with Crippen LogP contribution in [-0.4, -0.2) is 67.6 Å². The number of carbonyl (C=O) groups is 2. The van der Waals surface area contributed by atoms with Crippen LogP contribution < -0.4 is 0 Å². The average molecular weight is 439 g/mol. The second-order valence-corrected chi connectivity index (χ2v) is 10.3. The highest BCUT2D eigenvalue weighted by Gasteiger charge is 2.57. The second-order valence-electron chi connectivity index (χ2n) is 10.3. The lowest BCUT2D eigenvalue weighted by Gasteiger charge is -2.26. The summed E-state index contributed by atoms with van der Waals surface area (Å²) < 4.78 is 33.8. The number of esters is 2. The first kappa shape index (κ1) is 21.6. The fraction of sp³-hybridized carbons (Fsp3) is 0.913. The monoisotopic (exact) mass is 438 g/mol. The van der Waals surface area contributed by atoms with Crippen LogP contribution in [0.5, 0.6) is 0 Å². The molecule has 8 unspecified atom stereocenters. The van der Waals surface area contributed by atoms with Gasteiger partial charge in [0.15, 0.2) is 6.29 Å². The summed E-state index contributed by atoms with van der Waals surface area (Å²) >= 11 is 0. The molecular weight excluding hydrogens is 404 g/mol. The normalized spacial score (nSPS) is 45.4. The Labute approximate surface area is 183 Å². The Balaban J connectivity index is 0.928. The number of ether oxygens (including phenoxy) is 6. The number of hydrogen-bond donors (Lipinski definition) is 0. The predicted molar refractivity (Wildman–Crippen MR) is 107 cm³/mol. The zero-order valence-corrected chi connectivity index (χ0v) is 18.5. The molecule has 5 fully saturated rings.